The lowest BCUT2D eigenvalue weighted by molar-refractivity contribution is 0.0994. The number of benzene rings is 1. The minimum atomic E-state index is 0.219. The molecule has 3 rings (SSSR count). The lowest BCUT2D eigenvalue weighted by atomic mass is 10.1. The molecule has 18 heavy (non-hydrogen) atoms. The number of ether oxygens (including phenoxy) is 1. The van der Waals surface area contributed by atoms with Gasteiger partial charge in [-0.15, -0.1) is 0 Å². The molecule has 0 saturated heterocycles. The van der Waals surface area contributed by atoms with Gasteiger partial charge in [0, 0.05) is 29.9 Å². The topological polar surface area (TPSA) is 39.2 Å². The molecular formula is C15H13NO2. The van der Waals surface area contributed by atoms with Gasteiger partial charge in [0.05, 0.1) is 0 Å². The van der Waals surface area contributed by atoms with E-state index in [0.717, 1.165) is 28.9 Å². The highest BCUT2D eigenvalue weighted by atomic mass is 16.5. The van der Waals surface area contributed by atoms with Crippen LogP contribution in [0, 0.1) is 0 Å². The second-order valence-electron chi connectivity index (χ2n) is 4.39. The van der Waals surface area contributed by atoms with Gasteiger partial charge in [0.1, 0.15) is 12.4 Å². The van der Waals surface area contributed by atoms with E-state index in [9.17, 15) is 4.79 Å². The van der Waals surface area contributed by atoms with Gasteiger partial charge in [-0.3, -0.25) is 9.78 Å². The van der Waals surface area contributed by atoms with Gasteiger partial charge in [-0.2, -0.15) is 0 Å². The molecule has 0 fully saturated rings. The molecular weight excluding hydrogens is 226 g/mol. The molecule has 0 radical (unpaired) electrons. The summed E-state index contributed by atoms with van der Waals surface area (Å²) >= 11 is 0. The molecule has 0 unspecified atom stereocenters. The van der Waals surface area contributed by atoms with Gasteiger partial charge in [-0.1, -0.05) is 12.1 Å². The first kappa shape index (κ1) is 11.0. The van der Waals surface area contributed by atoms with Crippen molar-refractivity contribution in [1.29, 1.82) is 0 Å². The van der Waals surface area contributed by atoms with Crippen molar-refractivity contribution in [3.63, 3.8) is 0 Å². The first-order chi connectivity index (χ1) is 8.83. The minimum Gasteiger partial charge on any atom is -0.489 e. The Labute approximate surface area is 105 Å². The average molecular weight is 239 g/mol. The van der Waals surface area contributed by atoms with Crippen LogP contribution in [0.25, 0.3) is 0 Å². The highest BCUT2D eigenvalue weighted by Gasteiger charge is 2.19. The maximum Gasteiger partial charge on any atom is 0.163 e. The van der Waals surface area contributed by atoms with Gasteiger partial charge >= 0.3 is 0 Å². The third kappa shape index (κ3) is 2.12. The first-order valence-corrected chi connectivity index (χ1v) is 6.01. The fourth-order valence-electron chi connectivity index (χ4n) is 2.16. The van der Waals surface area contributed by atoms with E-state index in [0.29, 0.717) is 13.0 Å². The summed E-state index contributed by atoms with van der Waals surface area (Å²) in [5.41, 5.74) is 2.97. The molecule has 0 saturated carbocycles. The zero-order valence-electron chi connectivity index (χ0n) is 9.93. The molecule has 3 heteroatoms. The highest BCUT2D eigenvalue weighted by molar-refractivity contribution is 6.00. The summed E-state index contributed by atoms with van der Waals surface area (Å²) in [7, 11) is 0. The van der Waals surface area contributed by atoms with E-state index in [1.807, 2.05) is 30.3 Å². The van der Waals surface area contributed by atoms with E-state index in [2.05, 4.69) is 4.98 Å². The van der Waals surface area contributed by atoms with Crippen LogP contribution in [0.2, 0.25) is 0 Å². The van der Waals surface area contributed by atoms with Crippen LogP contribution >= 0.6 is 0 Å². The van der Waals surface area contributed by atoms with Crippen LogP contribution in [-0.4, -0.2) is 10.8 Å². The molecule has 1 aliphatic rings. The SMILES string of the molecule is O=C1CCc2ccc(OCc3cccnc3)cc21. The number of hydrogen-bond acceptors (Lipinski definition) is 3. The van der Waals surface area contributed by atoms with Crippen molar-refractivity contribution in [2.45, 2.75) is 19.4 Å². The Bertz CT molecular complexity index is 578. The summed E-state index contributed by atoms with van der Waals surface area (Å²) in [6, 6.07) is 9.60. The van der Waals surface area contributed by atoms with Crippen molar-refractivity contribution in [2.24, 2.45) is 0 Å². The van der Waals surface area contributed by atoms with E-state index in [1.165, 1.54) is 0 Å². The maximum atomic E-state index is 11.6. The van der Waals surface area contributed by atoms with Crippen LogP contribution in [0.5, 0.6) is 5.75 Å². The zero-order valence-corrected chi connectivity index (χ0v) is 9.93. The number of pyridine rings is 1. The number of carbonyl (C=O) groups excluding carboxylic acids is 1. The number of ketones is 1. The Balaban J connectivity index is 1.74. The van der Waals surface area contributed by atoms with E-state index in [-0.39, 0.29) is 5.78 Å². The predicted octanol–water partition coefficient (Wildman–Crippen LogP) is 2.79. The van der Waals surface area contributed by atoms with Crippen molar-refractivity contribution in [3.8, 4) is 5.75 Å². The third-order valence-corrected chi connectivity index (χ3v) is 3.13. The third-order valence-electron chi connectivity index (χ3n) is 3.13. The van der Waals surface area contributed by atoms with Gasteiger partial charge in [0.25, 0.3) is 0 Å². The molecule has 1 aromatic carbocycles. The first-order valence-electron chi connectivity index (χ1n) is 6.01. The molecule has 0 amide bonds. The fourth-order valence-corrected chi connectivity index (χ4v) is 2.16. The van der Waals surface area contributed by atoms with Crippen LogP contribution in [-0.2, 0) is 13.0 Å². The minimum absolute atomic E-state index is 0.219. The quantitative estimate of drug-likeness (QED) is 0.826. The van der Waals surface area contributed by atoms with Crippen LogP contribution in [0.4, 0.5) is 0 Å². The van der Waals surface area contributed by atoms with Crippen LogP contribution in [0.15, 0.2) is 42.7 Å². The second-order valence-corrected chi connectivity index (χ2v) is 4.39. The number of carbonyl (C=O) groups is 1. The predicted molar refractivity (Wildman–Crippen MR) is 67.7 cm³/mol. The highest BCUT2D eigenvalue weighted by Crippen LogP contribution is 2.26. The van der Waals surface area contributed by atoms with Crippen molar-refractivity contribution in [3.05, 3.63) is 59.4 Å². The summed E-state index contributed by atoms with van der Waals surface area (Å²) in [5, 5.41) is 0. The molecule has 1 aliphatic carbocycles. The number of aryl methyl sites for hydroxylation is 1. The van der Waals surface area contributed by atoms with E-state index < -0.39 is 0 Å². The second kappa shape index (κ2) is 4.61. The van der Waals surface area contributed by atoms with Crippen molar-refractivity contribution in [2.75, 3.05) is 0 Å². The van der Waals surface area contributed by atoms with E-state index >= 15 is 0 Å². The summed E-state index contributed by atoms with van der Waals surface area (Å²) in [4.78, 5) is 15.7. The Hall–Kier alpha value is -2.16. The normalized spacial score (nSPS) is 13.4. The Morgan fingerprint density at radius 3 is 3.00 bits per heavy atom. The smallest absolute Gasteiger partial charge is 0.163 e. The average Bonchev–Trinajstić information content (AvgIpc) is 2.79. The van der Waals surface area contributed by atoms with Crippen LogP contribution in [0.3, 0.4) is 0 Å². The fraction of sp³-hybridized carbons (Fsp3) is 0.200. The molecule has 0 N–H and O–H groups in total. The lowest BCUT2D eigenvalue weighted by Gasteiger charge is -2.07. The number of rotatable bonds is 3. The van der Waals surface area contributed by atoms with Gasteiger partial charge in [-0.05, 0) is 30.2 Å². The maximum absolute atomic E-state index is 11.6. The largest absolute Gasteiger partial charge is 0.489 e. The molecule has 0 bridgehead atoms. The molecule has 0 aliphatic heterocycles. The molecule has 90 valence electrons. The van der Waals surface area contributed by atoms with Gasteiger partial charge in [0.2, 0.25) is 0 Å². The van der Waals surface area contributed by atoms with Gasteiger partial charge in [0.15, 0.2) is 5.78 Å². The summed E-state index contributed by atoms with van der Waals surface area (Å²) in [6.45, 7) is 0.473. The lowest BCUT2D eigenvalue weighted by Crippen LogP contribution is -1.98. The number of Topliss-reactive ketones (excluding diaryl/α,β-unsaturated/α-hetero) is 1. The van der Waals surface area contributed by atoms with Gasteiger partial charge < -0.3 is 4.74 Å². The standard InChI is InChI=1S/C15H13NO2/c17-15-6-4-12-3-5-13(8-14(12)15)18-10-11-2-1-7-16-9-11/h1-3,5,7-9H,4,6,10H2. The van der Waals surface area contributed by atoms with Crippen molar-refractivity contribution >= 4 is 5.78 Å². The number of aromatic nitrogens is 1. The van der Waals surface area contributed by atoms with Crippen LogP contribution in [0.1, 0.15) is 27.9 Å². The summed E-state index contributed by atoms with van der Waals surface area (Å²) in [6.07, 6.45) is 4.99. The monoisotopic (exact) mass is 239 g/mol. The van der Waals surface area contributed by atoms with Crippen molar-refractivity contribution < 1.29 is 9.53 Å². The van der Waals surface area contributed by atoms with Crippen molar-refractivity contribution in [1.82, 2.24) is 4.98 Å². The molecule has 1 aromatic heterocycles. The molecule has 2 aromatic rings. The molecule has 1 heterocycles. The molecule has 0 spiro atoms. The number of hydrogen-bond donors (Lipinski definition) is 0. The van der Waals surface area contributed by atoms with E-state index in [4.69, 9.17) is 4.74 Å². The Morgan fingerprint density at radius 2 is 2.17 bits per heavy atom. The Kier molecular flexibility index (Phi) is 2.81. The summed E-state index contributed by atoms with van der Waals surface area (Å²) in [5.74, 6) is 0.963. The Morgan fingerprint density at radius 1 is 1.22 bits per heavy atom. The molecule has 3 nitrogen and oxygen atoms in total. The number of nitrogens with zero attached hydrogens (tertiary/aromatic N) is 1. The number of fused-ring (bicyclic) bond motifs is 1. The zero-order chi connectivity index (χ0) is 12.4. The van der Waals surface area contributed by atoms with Crippen LogP contribution < -0.4 is 4.74 Å². The summed E-state index contributed by atoms with van der Waals surface area (Å²) < 4.78 is 5.67. The molecule has 0 atom stereocenters. The van der Waals surface area contributed by atoms with E-state index in [1.54, 1.807) is 12.4 Å². The van der Waals surface area contributed by atoms with Gasteiger partial charge in [-0.25, -0.2) is 0 Å².